The molecule has 1 atom stereocenters. The van der Waals surface area contributed by atoms with Crippen molar-refractivity contribution in [2.45, 2.75) is 38.5 Å². The Hall–Kier alpha value is -1.91. The summed E-state index contributed by atoms with van der Waals surface area (Å²) < 4.78 is 5.92. The van der Waals surface area contributed by atoms with Crippen LogP contribution in [0.25, 0.3) is 0 Å². The summed E-state index contributed by atoms with van der Waals surface area (Å²) in [5, 5.41) is 0. The smallest absolute Gasteiger partial charge is 0.130 e. The minimum Gasteiger partial charge on any atom is -0.487 e. The van der Waals surface area contributed by atoms with Crippen LogP contribution in [0.1, 0.15) is 30.5 Å². The van der Waals surface area contributed by atoms with Crippen LogP contribution in [0.15, 0.2) is 48.7 Å². The maximum absolute atomic E-state index is 5.92. The van der Waals surface area contributed by atoms with Crippen molar-refractivity contribution < 1.29 is 4.74 Å². The molecule has 3 heterocycles. The third-order valence-electron chi connectivity index (χ3n) is 5.34. The van der Waals surface area contributed by atoms with Crippen LogP contribution in [-0.2, 0) is 13.2 Å². The average Bonchev–Trinajstić information content (AvgIpc) is 2.67. The minimum absolute atomic E-state index is 0.519. The molecule has 2 saturated heterocycles. The maximum atomic E-state index is 5.92. The molecular weight excluding hydrogens is 310 g/mol. The number of rotatable bonds is 5. The van der Waals surface area contributed by atoms with Gasteiger partial charge in [0.15, 0.2) is 0 Å². The van der Waals surface area contributed by atoms with Gasteiger partial charge in [0.25, 0.3) is 0 Å². The number of fused-ring (bicyclic) bond motifs is 1. The van der Waals surface area contributed by atoms with Crippen molar-refractivity contribution in [2.24, 2.45) is 0 Å². The number of benzene rings is 1. The van der Waals surface area contributed by atoms with Gasteiger partial charge in [-0.3, -0.25) is 14.8 Å². The Balaban J connectivity index is 1.33. The lowest BCUT2D eigenvalue weighted by Crippen LogP contribution is -2.54. The summed E-state index contributed by atoms with van der Waals surface area (Å²) in [7, 11) is 0. The summed E-state index contributed by atoms with van der Waals surface area (Å²) in [6.07, 6.45) is 5.95. The van der Waals surface area contributed by atoms with Gasteiger partial charge in [-0.2, -0.15) is 0 Å². The van der Waals surface area contributed by atoms with E-state index in [1.807, 2.05) is 24.3 Å². The fraction of sp³-hybridized carbons (Fsp3) is 0.476. The van der Waals surface area contributed by atoms with E-state index in [-0.39, 0.29) is 0 Å². The second kappa shape index (κ2) is 7.98. The maximum Gasteiger partial charge on any atom is 0.130 e. The van der Waals surface area contributed by atoms with Crippen molar-refractivity contribution in [3.63, 3.8) is 0 Å². The number of ether oxygens (including phenoxy) is 1. The number of piperazine rings is 1. The quantitative estimate of drug-likeness (QED) is 0.837. The summed E-state index contributed by atoms with van der Waals surface area (Å²) in [6, 6.07) is 15.2. The highest BCUT2D eigenvalue weighted by atomic mass is 16.5. The first-order chi connectivity index (χ1) is 12.4. The average molecular weight is 337 g/mol. The summed E-state index contributed by atoms with van der Waals surface area (Å²) in [5.74, 6) is 0.930. The van der Waals surface area contributed by atoms with Crippen LogP contribution in [0, 0.1) is 0 Å². The highest BCUT2D eigenvalue weighted by molar-refractivity contribution is 5.28. The largest absolute Gasteiger partial charge is 0.487 e. The molecular formula is C21H27N3O. The molecule has 0 aliphatic carbocycles. The van der Waals surface area contributed by atoms with Gasteiger partial charge in [0.1, 0.15) is 12.4 Å². The molecule has 4 rings (SSSR count). The summed E-state index contributed by atoms with van der Waals surface area (Å²) in [5.41, 5.74) is 2.30. The first kappa shape index (κ1) is 16.6. The van der Waals surface area contributed by atoms with Gasteiger partial charge in [-0.1, -0.05) is 24.6 Å². The van der Waals surface area contributed by atoms with Crippen molar-refractivity contribution in [3.05, 3.63) is 59.9 Å². The van der Waals surface area contributed by atoms with Crippen molar-refractivity contribution in [1.82, 2.24) is 14.8 Å². The zero-order valence-electron chi connectivity index (χ0n) is 14.8. The highest BCUT2D eigenvalue weighted by Crippen LogP contribution is 2.23. The van der Waals surface area contributed by atoms with E-state index in [0.29, 0.717) is 6.61 Å². The standard InChI is InChI=1S/C21H27N3O/c1-3-10-22-19(7-1)17-25-21-9-5-6-18(14-21)15-23-12-13-24-11-4-2-8-20(24)16-23/h1,3,5-7,9-10,14,20H,2,4,8,11-13,15-17H2. The molecule has 1 aromatic carbocycles. The van der Waals surface area contributed by atoms with Crippen molar-refractivity contribution in [2.75, 3.05) is 26.2 Å². The number of pyridine rings is 1. The Morgan fingerprint density at radius 1 is 1.04 bits per heavy atom. The fourth-order valence-corrected chi connectivity index (χ4v) is 4.00. The van der Waals surface area contributed by atoms with E-state index in [4.69, 9.17) is 4.74 Å². The molecule has 1 unspecified atom stereocenters. The molecule has 132 valence electrons. The van der Waals surface area contributed by atoms with Crippen LogP contribution >= 0.6 is 0 Å². The molecule has 0 saturated carbocycles. The van der Waals surface area contributed by atoms with Crippen molar-refractivity contribution in [3.8, 4) is 5.75 Å². The highest BCUT2D eigenvalue weighted by Gasteiger charge is 2.28. The first-order valence-electron chi connectivity index (χ1n) is 9.45. The van der Waals surface area contributed by atoms with E-state index in [0.717, 1.165) is 24.0 Å². The van der Waals surface area contributed by atoms with Crippen LogP contribution in [0.5, 0.6) is 5.75 Å². The van der Waals surface area contributed by atoms with Gasteiger partial charge < -0.3 is 4.74 Å². The molecule has 2 aromatic rings. The second-order valence-corrected chi connectivity index (χ2v) is 7.18. The van der Waals surface area contributed by atoms with Crippen LogP contribution in [0.2, 0.25) is 0 Å². The van der Waals surface area contributed by atoms with Gasteiger partial charge >= 0.3 is 0 Å². The van der Waals surface area contributed by atoms with Crippen LogP contribution in [0.3, 0.4) is 0 Å². The normalized spacial score (nSPS) is 21.7. The molecule has 0 amide bonds. The third-order valence-corrected chi connectivity index (χ3v) is 5.34. The molecule has 2 fully saturated rings. The Bertz CT molecular complexity index is 676. The molecule has 25 heavy (non-hydrogen) atoms. The Labute approximate surface area is 150 Å². The van der Waals surface area contributed by atoms with Gasteiger partial charge in [-0.15, -0.1) is 0 Å². The number of nitrogens with zero attached hydrogens (tertiary/aromatic N) is 3. The summed E-state index contributed by atoms with van der Waals surface area (Å²) in [6.45, 7) is 6.45. The van der Waals surface area contributed by atoms with Crippen molar-refractivity contribution in [1.29, 1.82) is 0 Å². The molecule has 0 N–H and O–H groups in total. The molecule has 2 aliphatic rings. The van der Waals surface area contributed by atoms with E-state index in [9.17, 15) is 0 Å². The number of hydrogen-bond donors (Lipinski definition) is 0. The zero-order chi connectivity index (χ0) is 16.9. The number of aromatic nitrogens is 1. The topological polar surface area (TPSA) is 28.6 Å². The van der Waals surface area contributed by atoms with Crippen LogP contribution in [0.4, 0.5) is 0 Å². The van der Waals surface area contributed by atoms with E-state index < -0.39 is 0 Å². The lowest BCUT2D eigenvalue weighted by molar-refractivity contribution is 0.0456. The van der Waals surface area contributed by atoms with Crippen molar-refractivity contribution >= 4 is 0 Å². The lowest BCUT2D eigenvalue weighted by atomic mass is 9.99. The Morgan fingerprint density at radius 2 is 2.04 bits per heavy atom. The molecule has 0 spiro atoms. The summed E-state index contributed by atoms with van der Waals surface area (Å²) >= 11 is 0. The molecule has 2 aliphatic heterocycles. The monoisotopic (exact) mass is 337 g/mol. The predicted octanol–water partition coefficient (Wildman–Crippen LogP) is 3.33. The third kappa shape index (κ3) is 4.39. The second-order valence-electron chi connectivity index (χ2n) is 7.18. The Kier molecular flexibility index (Phi) is 5.28. The van der Waals surface area contributed by atoms with Gasteiger partial charge in [0.05, 0.1) is 5.69 Å². The predicted molar refractivity (Wildman–Crippen MR) is 99.5 cm³/mol. The molecule has 0 bridgehead atoms. The first-order valence-corrected chi connectivity index (χ1v) is 9.45. The molecule has 1 aromatic heterocycles. The van der Waals surface area contributed by atoms with Gasteiger partial charge in [0.2, 0.25) is 0 Å². The molecule has 4 nitrogen and oxygen atoms in total. The summed E-state index contributed by atoms with van der Waals surface area (Å²) in [4.78, 5) is 9.60. The van der Waals surface area contributed by atoms with E-state index >= 15 is 0 Å². The van der Waals surface area contributed by atoms with Gasteiger partial charge in [-0.25, -0.2) is 0 Å². The number of hydrogen-bond acceptors (Lipinski definition) is 4. The SMILES string of the molecule is c1ccc(COc2cccc(CN3CCN4CCCCC4C3)c2)nc1. The van der Waals surface area contributed by atoms with Gasteiger partial charge in [0, 0.05) is 38.4 Å². The minimum atomic E-state index is 0.519. The van der Waals surface area contributed by atoms with Gasteiger partial charge in [-0.05, 0) is 49.2 Å². The Morgan fingerprint density at radius 3 is 2.96 bits per heavy atom. The molecule has 0 radical (unpaired) electrons. The van der Waals surface area contributed by atoms with E-state index in [1.165, 1.54) is 51.0 Å². The van der Waals surface area contributed by atoms with Crippen LogP contribution < -0.4 is 4.74 Å². The fourth-order valence-electron chi connectivity index (χ4n) is 4.00. The van der Waals surface area contributed by atoms with Crippen LogP contribution in [-0.4, -0.2) is 47.0 Å². The van der Waals surface area contributed by atoms with E-state index in [1.54, 1.807) is 6.20 Å². The zero-order valence-corrected chi connectivity index (χ0v) is 14.8. The number of piperidine rings is 1. The van der Waals surface area contributed by atoms with E-state index in [2.05, 4.69) is 33.0 Å². The lowest BCUT2D eigenvalue weighted by Gasteiger charge is -2.44. The molecule has 4 heteroatoms.